The molecule has 0 amide bonds. The Balaban J connectivity index is 1.75. The van der Waals surface area contributed by atoms with Gasteiger partial charge < -0.3 is 14.9 Å². The van der Waals surface area contributed by atoms with Crippen LogP contribution in [0.25, 0.3) is 0 Å². The summed E-state index contributed by atoms with van der Waals surface area (Å²) in [6.45, 7) is 0.518. The van der Waals surface area contributed by atoms with Gasteiger partial charge in [0.1, 0.15) is 11.5 Å². The van der Waals surface area contributed by atoms with Crippen molar-refractivity contribution in [3.8, 4) is 11.5 Å². The van der Waals surface area contributed by atoms with Crippen LogP contribution in [0.3, 0.4) is 0 Å². The molecule has 0 aliphatic rings. The van der Waals surface area contributed by atoms with Crippen molar-refractivity contribution in [1.82, 2.24) is 0 Å². The lowest BCUT2D eigenvalue weighted by Gasteiger charge is -2.09. The molecular weight excluding hydrogens is 332 g/mol. The smallest absolute Gasteiger partial charge is 0.303 e. The number of phenolic OH excluding ortho intramolecular Hbond substituents is 1. The summed E-state index contributed by atoms with van der Waals surface area (Å²) in [4.78, 5) is 22.8. The van der Waals surface area contributed by atoms with E-state index in [9.17, 15) is 14.7 Å². The fourth-order valence-corrected chi connectivity index (χ4v) is 2.64. The molecular formula is C21H24O5. The summed E-state index contributed by atoms with van der Waals surface area (Å²) in [7, 11) is 0. The van der Waals surface area contributed by atoms with Gasteiger partial charge in [-0.05, 0) is 25.0 Å². The van der Waals surface area contributed by atoms with E-state index in [1.54, 1.807) is 36.4 Å². The summed E-state index contributed by atoms with van der Waals surface area (Å²) < 4.78 is 5.61. The van der Waals surface area contributed by atoms with Gasteiger partial charge in [0.05, 0.1) is 12.2 Å². The number of carbonyl (C=O) groups excluding carboxylic acids is 1. The van der Waals surface area contributed by atoms with Crippen LogP contribution in [0.4, 0.5) is 0 Å². The quantitative estimate of drug-likeness (QED) is 0.460. The number of aliphatic carboxylic acids is 1. The number of unbranched alkanes of at least 4 members (excludes halogenated alkanes) is 4. The number of carboxylic acids is 1. The van der Waals surface area contributed by atoms with E-state index in [0.29, 0.717) is 24.3 Å². The normalized spacial score (nSPS) is 10.5. The molecule has 2 aromatic carbocycles. The molecule has 0 aliphatic heterocycles. The van der Waals surface area contributed by atoms with Crippen molar-refractivity contribution in [2.75, 3.05) is 6.61 Å². The topological polar surface area (TPSA) is 83.8 Å². The highest BCUT2D eigenvalue weighted by atomic mass is 16.5. The molecule has 26 heavy (non-hydrogen) atoms. The van der Waals surface area contributed by atoms with Gasteiger partial charge in [-0.1, -0.05) is 49.6 Å². The zero-order valence-electron chi connectivity index (χ0n) is 14.7. The first kappa shape index (κ1) is 19.5. The van der Waals surface area contributed by atoms with E-state index in [1.165, 1.54) is 6.07 Å². The van der Waals surface area contributed by atoms with Gasteiger partial charge in [-0.25, -0.2) is 0 Å². The zero-order chi connectivity index (χ0) is 18.8. The van der Waals surface area contributed by atoms with Crippen molar-refractivity contribution in [1.29, 1.82) is 0 Å². The molecule has 0 unspecified atom stereocenters. The maximum atomic E-state index is 12.4. The van der Waals surface area contributed by atoms with E-state index in [1.807, 2.05) is 6.07 Å². The van der Waals surface area contributed by atoms with Gasteiger partial charge in [-0.15, -0.1) is 0 Å². The molecule has 5 heteroatoms. The molecule has 0 fully saturated rings. The minimum atomic E-state index is -0.748. The van der Waals surface area contributed by atoms with Crippen molar-refractivity contribution < 1.29 is 24.5 Å². The lowest BCUT2D eigenvalue weighted by molar-refractivity contribution is -0.137. The number of benzene rings is 2. The van der Waals surface area contributed by atoms with Crippen LogP contribution in [-0.4, -0.2) is 28.6 Å². The summed E-state index contributed by atoms with van der Waals surface area (Å²) in [5.41, 5.74) is 0.779. The first-order chi connectivity index (χ1) is 12.6. The number of hydrogen-bond donors (Lipinski definition) is 2. The Hall–Kier alpha value is -2.82. The van der Waals surface area contributed by atoms with Crippen LogP contribution in [0.5, 0.6) is 11.5 Å². The lowest BCUT2D eigenvalue weighted by Crippen LogP contribution is -2.02. The molecule has 0 heterocycles. The van der Waals surface area contributed by atoms with Crippen LogP contribution in [0.2, 0.25) is 0 Å². The Morgan fingerprint density at radius 3 is 2.27 bits per heavy atom. The molecule has 0 saturated carbocycles. The van der Waals surface area contributed by atoms with E-state index in [2.05, 4.69) is 0 Å². The predicted octanol–water partition coefficient (Wildman–Crippen LogP) is 4.43. The first-order valence-corrected chi connectivity index (χ1v) is 8.85. The van der Waals surface area contributed by atoms with Crippen LogP contribution >= 0.6 is 0 Å². The Labute approximate surface area is 153 Å². The molecule has 0 saturated heterocycles. The Morgan fingerprint density at radius 2 is 1.58 bits per heavy atom. The molecule has 0 aliphatic carbocycles. The molecule has 138 valence electrons. The van der Waals surface area contributed by atoms with E-state index in [0.717, 1.165) is 25.7 Å². The molecule has 0 bridgehead atoms. The minimum absolute atomic E-state index is 0.0926. The van der Waals surface area contributed by atoms with Gasteiger partial charge in [0.15, 0.2) is 5.78 Å². The average Bonchev–Trinajstić information content (AvgIpc) is 2.64. The van der Waals surface area contributed by atoms with E-state index < -0.39 is 5.97 Å². The number of rotatable bonds is 11. The number of aromatic hydroxyl groups is 1. The highest BCUT2D eigenvalue weighted by molar-refractivity contribution is 6.10. The fourth-order valence-electron chi connectivity index (χ4n) is 2.64. The molecule has 0 spiro atoms. The van der Waals surface area contributed by atoms with Crippen LogP contribution in [0, 0.1) is 0 Å². The number of ether oxygens (including phenoxy) is 1. The maximum Gasteiger partial charge on any atom is 0.303 e. The number of ketones is 1. The van der Waals surface area contributed by atoms with Gasteiger partial charge in [0.25, 0.3) is 0 Å². The van der Waals surface area contributed by atoms with E-state index in [4.69, 9.17) is 9.84 Å². The standard InChI is InChI=1S/C21H24O5/c22-19-15-17(26-14-8-3-1-2-7-11-20(23)24)12-13-18(19)21(25)16-9-5-4-6-10-16/h4-6,9-10,12-13,15,22H,1-3,7-8,11,14H2,(H,23,24). The molecule has 0 radical (unpaired) electrons. The number of phenols is 1. The maximum absolute atomic E-state index is 12.4. The van der Waals surface area contributed by atoms with Gasteiger partial charge in [0, 0.05) is 18.1 Å². The van der Waals surface area contributed by atoms with E-state index >= 15 is 0 Å². The second-order valence-electron chi connectivity index (χ2n) is 6.13. The monoisotopic (exact) mass is 356 g/mol. The first-order valence-electron chi connectivity index (χ1n) is 8.85. The summed E-state index contributed by atoms with van der Waals surface area (Å²) >= 11 is 0. The van der Waals surface area contributed by atoms with Crippen LogP contribution in [0.15, 0.2) is 48.5 Å². The number of carbonyl (C=O) groups is 2. The Morgan fingerprint density at radius 1 is 0.885 bits per heavy atom. The Bertz CT molecular complexity index is 724. The zero-order valence-corrected chi connectivity index (χ0v) is 14.7. The lowest BCUT2D eigenvalue weighted by atomic mass is 10.0. The predicted molar refractivity (Wildman–Crippen MR) is 98.8 cm³/mol. The fraction of sp³-hybridized carbons (Fsp3) is 0.333. The molecule has 0 aromatic heterocycles. The summed E-state index contributed by atoms with van der Waals surface area (Å²) in [5, 5.41) is 18.7. The largest absolute Gasteiger partial charge is 0.507 e. The third kappa shape index (κ3) is 6.24. The second kappa shape index (κ2) is 10.2. The van der Waals surface area contributed by atoms with Crippen molar-refractivity contribution in [2.45, 2.75) is 38.5 Å². The Kier molecular flexibility index (Phi) is 7.68. The van der Waals surface area contributed by atoms with Crippen molar-refractivity contribution in [3.05, 3.63) is 59.7 Å². The third-order valence-electron chi connectivity index (χ3n) is 4.05. The summed E-state index contributed by atoms with van der Waals surface area (Å²) in [6.07, 6.45) is 4.65. The highest BCUT2D eigenvalue weighted by Crippen LogP contribution is 2.26. The van der Waals surface area contributed by atoms with Crippen molar-refractivity contribution in [3.63, 3.8) is 0 Å². The number of hydrogen-bond acceptors (Lipinski definition) is 4. The molecule has 5 nitrogen and oxygen atoms in total. The molecule has 2 rings (SSSR count). The van der Waals surface area contributed by atoms with Gasteiger partial charge in [-0.2, -0.15) is 0 Å². The molecule has 0 atom stereocenters. The van der Waals surface area contributed by atoms with Crippen molar-refractivity contribution >= 4 is 11.8 Å². The second-order valence-corrected chi connectivity index (χ2v) is 6.13. The molecule has 2 aromatic rings. The van der Waals surface area contributed by atoms with Crippen molar-refractivity contribution in [2.24, 2.45) is 0 Å². The summed E-state index contributed by atoms with van der Waals surface area (Å²) in [6, 6.07) is 13.5. The van der Waals surface area contributed by atoms with Gasteiger partial charge in [0.2, 0.25) is 0 Å². The van der Waals surface area contributed by atoms with Crippen LogP contribution in [-0.2, 0) is 4.79 Å². The van der Waals surface area contributed by atoms with E-state index in [-0.39, 0.29) is 23.5 Å². The van der Waals surface area contributed by atoms with Gasteiger partial charge >= 0.3 is 5.97 Å². The number of carboxylic acid groups (broad SMARTS) is 1. The van der Waals surface area contributed by atoms with Gasteiger partial charge in [-0.3, -0.25) is 9.59 Å². The van der Waals surface area contributed by atoms with Crippen LogP contribution in [0.1, 0.15) is 54.4 Å². The highest BCUT2D eigenvalue weighted by Gasteiger charge is 2.13. The third-order valence-corrected chi connectivity index (χ3v) is 4.05. The molecule has 2 N–H and O–H groups in total. The van der Waals surface area contributed by atoms with Crippen LogP contribution < -0.4 is 4.74 Å². The summed E-state index contributed by atoms with van der Waals surface area (Å²) in [5.74, 6) is -0.540. The minimum Gasteiger partial charge on any atom is -0.507 e. The average molecular weight is 356 g/mol. The SMILES string of the molecule is O=C(O)CCCCCCCOc1ccc(C(=O)c2ccccc2)c(O)c1.